The van der Waals surface area contributed by atoms with E-state index in [-0.39, 0.29) is 0 Å². The minimum Gasteiger partial charge on any atom is -0.379 e. The highest BCUT2D eigenvalue weighted by molar-refractivity contribution is 5.45. The zero-order valence-electron chi connectivity index (χ0n) is 27.9. The van der Waals surface area contributed by atoms with Gasteiger partial charge in [0.25, 0.3) is 6.33 Å². The molecule has 0 saturated carbocycles. The molecule has 10 nitrogen and oxygen atoms in total. The summed E-state index contributed by atoms with van der Waals surface area (Å²) in [5.41, 5.74) is 5.30. The molecule has 0 aliphatic rings. The highest BCUT2D eigenvalue weighted by Gasteiger charge is 2.66. The number of anilines is 4. The van der Waals surface area contributed by atoms with Crippen molar-refractivity contribution >= 4 is 28.4 Å². The Labute approximate surface area is 267 Å². The third-order valence-electron chi connectivity index (χ3n) is 7.97. The van der Waals surface area contributed by atoms with Crippen molar-refractivity contribution in [3.05, 3.63) is 123 Å². The van der Waals surface area contributed by atoms with Gasteiger partial charge in [-0.25, -0.2) is 4.57 Å². The summed E-state index contributed by atoms with van der Waals surface area (Å²) < 4.78 is 12.9. The zero-order chi connectivity index (χ0) is 32.3. The van der Waals surface area contributed by atoms with Crippen LogP contribution in [0.15, 0.2) is 117 Å². The van der Waals surface area contributed by atoms with Gasteiger partial charge in [0, 0.05) is 116 Å². The smallest absolute Gasteiger partial charge is 0.379 e. The summed E-state index contributed by atoms with van der Waals surface area (Å²) in [5.74, 6) is -0.978. The van der Waals surface area contributed by atoms with Gasteiger partial charge in [-0.2, -0.15) is 4.57 Å². The average Bonchev–Trinajstić information content (AvgIpc) is 3.47. The highest BCUT2D eigenvalue weighted by Crippen LogP contribution is 2.22. The van der Waals surface area contributed by atoms with E-state index in [1.165, 1.54) is 0 Å². The molecule has 0 unspecified atom stereocenters. The molecule has 0 atom stereocenters. The molecule has 0 aliphatic heterocycles. The fraction of sp³-hybridized carbons (Fsp3) is 0.286. The maximum Gasteiger partial charge on any atom is 0.591 e. The molecule has 0 amide bonds. The molecule has 5 rings (SSSR count). The Morgan fingerprint density at radius 3 is 1.29 bits per heavy atom. The number of hydrogen-bond acceptors (Lipinski definition) is 4. The van der Waals surface area contributed by atoms with E-state index in [9.17, 15) is 0 Å². The first-order chi connectivity index (χ1) is 21.5. The van der Waals surface area contributed by atoms with E-state index < -0.39 is 5.79 Å². The predicted molar refractivity (Wildman–Crippen MR) is 177 cm³/mol. The Morgan fingerprint density at radius 2 is 0.933 bits per heavy atom. The standard InChI is InChI=1S/C35H46N10/c1-36(2)30-10-18-41(19-11-30)28-34(42-20-12-31(13-21-42)37(3)4)35(45-27-26-40(9)29-45,43-22-14-32(15-23-43)38(5)6)44-24-16-33(17-25-44)39(7)8/h10-27,29H,1-9H3/q+4. The maximum atomic E-state index is 3.80. The van der Waals surface area contributed by atoms with Crippen LogP contribution in [0.3, 0.4) is 0 Å². The van der Waals surface area contributed by atoms with Crippen molar-refractivity contribution in [1.82, 2.24) is 4.57 Å². The van der Waals surface area contributed by atoms with Crippen LogP contribution in [0.2, 0.25) is 0 Å². The van der Waals surface area contributed by atoms with E-state index in [2.05, 4.69) is 195 Å². The Kier molecular flexibility index (Phi) is 8.85. The van der Waals surface area contributed by atoms with Gasteiger partial charge in [0.15, 0.2) is 37.2 Å². The SMILES string of the molecule is CN(C)c1cc[n+]([C-]=C([n+]2ccc(N(C)C)cc2)C(n2cc[n+](C)c2)([n+]2ccc(N(C)C)cc2)[n+]2ccc(N(C)C)cc2)cc1. The van der Waals surface area contributed by atoms with Gasteiger partial charge in [-0.3, -0.25) is 0 Å². The van der Waals surface area contributed by atoms with Crippen LogP contribution in [0.25, 0.3) is 5.70 Å². The molecular weight excluding hydrogens is 560 g/mol. The summed E-state index contributed by atoms with van der Waals surface area (Å²) >= 11 is 0. The molecule has 5 aromatic heterocycles. The average molecular weight is 607 g/mol. The van der Waals surface area contributed by atoms with Gasteiger partial charge in [-0.05, 0) is 12.1 Å². The van der Waals surface area contributed by atoms with E-state index in [0.29, 0.717) is 0 Å². The number of aryl methyl sites for hydroxylation is 1. The summed E-state index contributed by atoms with van der Waals surface area (Å²) in [5, 5.41) is 0. The zero-order valence-corrected chi connectivity index (χ0v) is 27.9. The first-order valence-electron chi connectivity index (χ1n) is 14.9. The van der Waals surface area contributed by atoms with E-state index >= 15 is 0 Å². The molecule has 0 N–H and O–H groups in total. The third-order valence-corrected chi connectivity index (χ3v) is 7.97. The fourth-order valence-electron chi connectivity index (χ4n) is 5.34. The van der Waals surface area contributed by atoms with Gasteiger partial charge in [0.05, 0.1) is 19.4 Å². The number of hydrogen-bond donors (Lipinski definition) is 0. The second kappa shape index (κ2) is 12.8. The highest BCUT2D eigenvalue weighted by atomic mass is 15.5. The predicted octanol–water partition coefficient (Wildman–Crippen LogP) is 1.28. The van der Waals surface area contributed by atoms with Gasteiger partial charge >= 0.3 is 11.5 Å². The molecule has 0 aliphatic carbocycles. The van der Waals surface area contributed by atoms with Crippen molar-refractivity contribution in [2.75, 3.05) is 76.0 Å². The van der Waals surface area contributed by atoms with Crippen LogP contribution in [0.4, 0.5) is 22.7 Å². The van der Waals surface area contributed by atoms with Crippen molar-refractivity contribution in [2.24, 2.45) is 7.05 Å². The van der Waals surface area contributed by atoms with Crippen molar-refractivity contribution in [2.45, 2.75) is 5.79 Å². The summed E-state index contributed by atoms with van der Waals surface area (Å²) in [6.45, 7) is 0. The van der Waals surface area contributed by atoms with Gasteiger partial charge in [-0.1, -0.05) is 9.13 Å². The normalized spacial score (nSPS) is 11.8. The van der Waals surface area contributed by atoms with Crippen LogP contribution in [0.5, 0.6) is 0 Å². The fourth-order valence-corrected chi connectivity index (χ4v) is 5.34. The minimum atomic E-state index is -0.978. The van der Waals surface area contributed by atoms with Gasteiger partial charge in [-0.15, -0.1) is 4.57 Å². The van der Waals surface area contributed by atoms with E-state index in [1.807, 2.05) is 38.1 Å². The van der Waals surface area contributed by atoms with Crippen LogP contribution in [0, 0.1) is 6.20 Å². The van der Waals surface area contributed by atoms with Crippen molar-refractivity contribution in [3.8, 4) is 0 Å². The summed E-state index contributed by atoms with van der Waals surface area (Å²) in [4.78, 5) is 8.42. The quantitative estimate of drug-likeness (QED) is 0.178. The molecule has 0 aromatic carbocycles. The Balaban J connectivity index is 1.90. The Hall–Kier alpha value is -5.25. The second-order valence-electron chi connectivity index (χ2n) is 12.0. The molecular formula is C35H46N10+4. The first-order valence-corrected chi connectivity index (χ1v) is 14.9. The second-order valence-corrected chi connectivity index (χ2v) is 12.0. The lowest BCUT2D eigenvalue weighted by Gasteiger charge is -2.21. The van der Waals surface area contributed by atoms with Crippen LogP contribution < -0.4 is 42.4 Å². The number of allylic oxidation sites excluding steroid dienone is 1. The lowest BCUT2D eigenvalue weighted by Crippen LogP contribution is -2.80. The topological polar surface area (TPSA) is 37.3 Å². The number of rotatable bonds is 10. The monoisotopic (exact) mass is 606 g/mol. The molecule has 10 heteroatoms. The van der Waals surface area contributed by atoms with E-state index in [0.717, 1.165) is 28.4 Å². The molecule has 5 aromatic rings. The molecule has 0 radical (unpaired) electrons. The van der Waals surface area contributed by atoms with Gasteiger partial charge in [0.2, 0.25) is 6.20 Å². The number of imidazole rings is 1. The lowest BCUT2D eigenvalue weighted by molar-refractivity contribution is -0.996. The summed E-state index contributed by atoms with van der Waals surface area (Å²) in [7, 11) is 18.5. The van der Waals surface area contributed by atoms with Crippen LogP contribution in [-0.4, -0.2) is 60.9 Å². The Bertz CT molecular complexity index is 1680. The number of aromatic nitrogens is 6. The molecule has 0 bridgehead atoms. The van der Waals surface area contributed by atoms with Crippen molar-refractivity contribution in [3.63, 3.8) is 0 Å². The van der Waals surface area contributed by atoms with Crippen LogP contribution >= 0.6 is 0 Å². The van der Waals surface area contributed by atoms with Crippen molar-refractivity contribution in [1.29, 1.82) is 0 Å². The third kappa shape index (κ3) is 6.22. The maximum absolute atomic E-state index is 3.80. The number of nitrogens with zero attached hydrogens (tertiary/aromatic N) is 10. The number of pyridine rings is 4. The van der Waals surface area contributed by atoms with Gasteiger partial charge in [0.1, 0.15) is 12.4 Å². The van der Waals surface area contributed by atoms with E-state index in [4.69, 9.17) is 0 Å². The van der Waals surface area contributed by atoms with Crippen LogP contribution in [-0.2, 0) is 12.8 Å². The molecule has 45 heavy (non-hydrogen) atoms. The Morgan fingerprint density at radius 1 is 0.556 bits per heavy atom. The molecule has 5 heterocycles. The molecule has 0 saturated heterocycles. The minimum absolute atomic E-state index is 0.858. The summed E-state index contributed by atoms with van der Waals surface area (Å²) in [6, 6.07) is 17.0. The van der Waals surface area contributed by atoms with Crippen molar-refractivity contribution < 1.29 is 22.8 Å². The van der Waals surface area contributed by atoms with E-state index in [1.54, 1.807) is 0 Å². The molecule has 0 spiro atoms. The molecule has 0 fully saturated rings. The lowest BCUT2D eigenvalue weighted by atomic mass is 10.1. The first kappa shape index (κ1) is 31.2. The largest absolute Gasteiger partial charge is 0.591 e. The van der Waals surface area contributed by atoms with Crippen LogP contribution in [0.1, 0.15) is 0 Å². The van der Waals surface area contributed by atoms with Gasteiger partial charge < -0.3 is 24.2 Å². The molecule has 232 valence electrons. The summed E-state index contributed by atoms with van der Waals surface area (Å²) in [6.07, 6.45) is 26.9.